The highest BCUT2D eigenvalue weighted by atomic mass is 32.2. The van der Waals surface area contributed by atoms with Crippen LogP contribution < -0.4 is 5.32 Å². The number of hydrogen-bond donors (Lipinski definition) is 1. The fourth-order valence-corrected chi connectivity index (χ4v) is 5.01. The Labute approximate surface area is 187 Å². The van der Waals surface area contributed by atoms with Crippen LogP contribution in [-0.4, -0.2) is 35.9 Å². The first-order chi connectivity index (χ1) is 15.4. The molecule has 4 rings (SSSR count). The average Bonchev–Trinajstić information content (AvgIpc) is 3.29. The molecule has 0 unspecified atom stereocenters. The minimum atomic E-state index is -3.69. The van der Waals surface area contributed by atoms with Gasteiger partial charge >= 0.3 is 6.01 Å². The normalized spacial score (nSPS) is 15.1. The number of anilines is 1. The van der Waals surface area contributed by atoms with Crippen LogP contribution in [0.3, 0.4) is 0 Å². The zero-order chi connectivity index (χ0) is 22.6. The van der Waals surface area contributed by atoms with Crippen molar-refractivity contribution in [2.45, 2.75) is 49.5 Å². The van der Waals surface area contributed by atoms with E-state index in [1.54, 1.807) is 0 Å². The number of rotatable bonds is 7. The molecule has 1 aliphatic rings. The van der Waals surface area contributed by atoms with Gasteiger partial charge in [-0.1, -0.05) is 54.7 Å². The van der Waals surface area contributed by atoms with Gasteiger partial charge in [0.25, 0.3) is 5.91 Å². The molecule has 0 radical (unpaired) electrons. The summed E-state index contributed by atoms with van der Waals surface area (Å²) >= 11 is 0. The zero-order valence-electron chi connectivity index (χ0n) is 17.9. The minimum Gasteiger partial charge on any atom is -0.408 e. The van der Waals surface area contributed by atoms with Gasteiger partial charge in [-0.05, 0) is 42.7 Å². The third kappa shape index (κ3) is 5.05. The van der Waals surface area contributed by atoms with Crippen LogP contribution in [0.1, 0.15) is 59.8 Å². The molecule has 1 amide bonds. The van der Waals surface area contributed by atoms with Crippen LogP contribution in [0.2, 0.25) is 0 Å². The van der Waals surface area contributed by atoms with Crippen molar-refractivity contribution in [1.82, 2.24) is 14.5 Å². The average molecular weight is 455 g/mol. The number of nitrogens with zero attached hydrogens (tertiary/aromatic N) is 3. The van der Waals surface area contributed by atoms with Gasteiger partial charge in [0.15, 0.2) is 0 Å². The van der Waals surface area contributed by atoms with Gasteiger partial charge in [0.1, 0.15) is 0 Å². The van der Waals surface area contributed by atoms with E-state index < -0.39 is 15.9 Å². The SMILES string of the molecule is CN(Cc1ccccc1)S(=O)(=O)c1ccc(C(=O)Nc2nnc(C3CCCCC3)o2)cc1. The lowest BCUT2D eigenvalue weighted by atomic mass is 9.89. The van der Waals surface area contributed by atoms with Crippen LogP contribution in [0.25, 0.3) is 0 Å². The van der Waals surface area contributed by atoms with Crippen molar-refractivity contribution in [1.29, 1.82) is 0 Å². The van der Waals surface area contributed by atoms with Crippen LogP contribution in [0.15, 0.2) is 63.9 Å². The third-order valence-electron chi connectivity index (χ3n) is 5.69. The maximum absolute atomic E-state index is 12.9. The highest BCUT2D eigenvalue weighted by molar-refractivity contribution is 7.89. The standard InChI is InChI=1S/C23H26N4O4S/c1-27(16-17-8-4-2-5-9-17)32(29,30)20-14-12-18(13-15-20)21(28)24-23-26-25-22(31-23)19-10-6-3-7-11-19/h2,4-5,8-9,12-15,19H,3,6-7,10-11,16H2,1H3,(H,24,26,28). The Bertz CT molecular complexity index is 1150. The smallest absolute Gasteiger partial charge is 0.322 e. The van der Waals surface area contributed by atoms with E-state index in [0.717, 1.165) is 31.2 Å². The Morgan fingerprint density at radius 1 is 1.03 bits per heavy atom. The number of carbonyl (C=O) groups excluding carboxylic acids is 1. The summed E-state index contributed by atoms with van der Waals surface area (Å²) in [7, 11) is -2.16. The zero-order valence-corrected chi connectivity index (χ0v) is 18.7. The van der Waals surface area contributed by atoms with Crippen molar-refractivity contribution in [3.8, 4) is 0 Å². The summed E-state index contributed by atoms with van der Waals surface area (Å²) in [5.41, 5.74) is 1.19. The van der Waals surface area contributed by atoms with Crippen LogP contribution in [-0.2, 0) is 16.6 Å². The molecule has 1 aliphatic carbocycles. The molecule has 1 heterocycles. The number of carbonyl (C=O) groups is 1. The van der Waals surface area contributed by atoms with Crippen molar-refractivity contribution in [2.75, 3.05) is 12.4 Å². The fourth-order valence-electron chi connectivity index (χ4n) is 3.85. The Morgan fingerprint density at radius 2 is 1.72 bits per heavy atom. The van der Waals surface area contributed by atoms with Crippen LogP contribution >= 0.6 is 0 Å². The van der Waals surface area contributed by atoms with Crippen molar-refractivity contribution in [3.05, 3.63) is 71.6 Å². The van der Waals surface area contributed by atoms with Gasteiger partial charge in [-0.3, -0.25) is 10.1 Å². The van der Waals surface area contributed by atoms with E-state index >= 15 is 0 Å². The molecule has 1 fully saturated rings. The molecule has 1 N–H and O–H groups in total. The van der Waals surface area contributed by atoms with Gasteiger partial charge in [-0.15, -0.1) is 5.10 Å². The lowest BCUT2D eigenvalue weighted by molar-refractivity contribution is 0.102. The maximum Gasteiger partial charge on any atom is 0.322 e. The molecule has 9 heteroatoms. The molecule has 0 spiro atoms. The molecule has 0 atom stereocenters. The van der Waals surface area contributed by atoms with E-state index in [9.17, 15) is 13.2 Å². The molecule has 0 aliphatic heterocycles. The molecule has 0 bridgehead atoms. The summed E-state index contributed by atoms with van der Waals surface area (Å²) in [6, 6.07) is 15.2. The number of amides is 1. The first-order valence-corrected chi connectivity index (χ1v) is 12.1. The van der Waals surface area contributed by atoms with Gasteiger partial charge in [0.2, 0.25) is 15.9 Å². The van der Waals surface area contributed by atoms with E-state index in [-0.39, 0.29) is 23.4 Å². The molecular weight excluding hydrogens is 428 g/mol. The predicted molar refractivity (Wildman–Crippen MR) is 120 cm³/mol. The highest BCUT2D eigenvalue weighted by Crippen LogP contribution is 2.32. The molecule has 8 nitrogen and oxygen atoms in total. The monoisotopic (exact) mass is 454 g/mol. The second kappa shape index (κ2) is 9.62. The van der Waals surface area contributed by atoms with Crippen molar-refractivity contribution in [3.63, 3.8) is 0 Å². The Kier molecular flexibility index (Phi) is 6.66. The number of nitrogens with one attached hydrogen (secondary N) is 1. The van der Waals surface area contributed by atoms with Gasteiger partial charge < -0.3 is 4.42 Å². The molecule has 2 aromatic carbocycles. The molecule has 1 saturated carbocycles. The highest BCUT2D eigenvalue weighted by Gasteiger charge is 2.23. The first kappa shape index (κ1) is 22.2. The number of hydrogen-bond acceptors (Lipinski definition) is 6. The van der Waals surface area contributed by atoms with Crippen molar-refractivity contribution >= 4 is 21.9 Å². The summed E-state index contributed by atoms with van der Waals surface area (Å²) in [4.78, 5) is 12.7. The van der Waals surface area contributed by atoms with Gasteiger partial charge in [-0.2, -0.15) is 4.31 Å². The molecule has 0 saturated heterocycles. The van der Waals surface area contributed by atoms with E-state index in [0.29, 0.717) is 11.5 Å². The largest absolute Gasteiger partial charge is 0.408 e. The minimum absolute atomic E-state index is 0.0508. The van der Waals surface area contributed by atoms with Crippen molar-refractivity contribution < 1.29 is 17.6 Å². The lowest BCUT2D eigenvalue weighted by Crippen LogP contribution is -2.26. The number of benzene rings is 2. The lowest BCUT2D eigenvalue weighted by Gasteiger charge is -2.17. The van der Waals surface area contributed by atoms with Crippen LogP contribution in [0.5, 0.6) is 0 Å². The van der Waals surface area contributed by atoms with Crippen molar-refractivity contribution in [2.24, 2.45) is 0 Å². The van der Waals surface area contributed by atoms with Gasteiger partial charge in [0, 0.05) is 25.1 Å². The molecular formula is C23H26N4O4S. The van der Waals surface area contributed by atoms with Crippen LogP contribution in [0.4, 0.5) is 6.01 Å². The summed E-state index contributed by atoms with van der Waals surface area (Å²) in [6.07, 6.45) is 5.55. The summed E-state index contributed by atoms with van der Waals surface area (Å²) in [5.74, 6) is 0.368. The molecule has 32 heavy (non-hydrogen) atoms. The van der Waals surface area contributed by atoms with Crippen LogP contribution in [0, 0.1) is 0 Å². The molecule has 3 aromatic rings. The summed E-state index contributed by atoms with van der Waals surface area (Å²) in [6.45, 7) is 0.256. The first-order valence-electron chi connectivity index (χ1n) is 10.7. The van der Waals surface area contributed by atoms with E-state index in [1.807, 2.05) is 30.3 Å². The quantitative estimate of drug-likeness (QED) is 0.574. The second-order valence-corrected chi connectivity index (χ2v) is 10.1. The van der Waals surface area contributed by atoms with E-state index in [2.05, 4.69) is 15.5 Å². The number of aromatic nitrogens is 2. The Morgan fingerprint density at radius 3 is 2.41 bits per heavy atom. The summed E-state index contributed by atoms with van der Waals surface area (Å²) < 4.78 is 32.6. The Hall–Kier alpha value is -3.04. The Balaban J connectivity index is 1.40. The van der Waals surface area contributed by atoms with E-state index in [4.69, 9.17) is 4.42 Å². The third-order valence-corrected chi connectivity index (χ3v) is 7.51. The maximum atomic E-state index is 12.9. The topological polar surface area (TPSA) is 105 Å². The molecule has 1 aromatic heterocycles. The van der Waals surface area contributed by atoms with E-state index in [1.165, 1.54) is 42.0 Å². The van der Waals surface area contributed by atoms with Gasteiger partial charge in [-0.25, -0.2) is 8.42 Å². The predicted octanol–water partition coefficient (Wildman–Crippen LogP) is 4.19. The second-order valence-electron chi connectivity index (χ2n) is 8.01. The molecule has 168 valence electrons. The summed E-state index contributed by atoms with van der Waals surface area (Å²) in [5, 5.41) is 10.6. The fraction of sp³-hybridized carbons (Fsp3) is 0.348. The van der Waals surface area contributed by atoms with Gasteiger partial charge in [0.05, 0.1) is 4.90 Å². The number of sulfonamides is 1.